The molecule has 18 heavy (non-hydrogen) atoms. The van der Waals surface area contributed by atoms with Crippen LogP contribution in [-0.2, 0) is 11.2 Å². The standard InChI is InChI=1S/C11H9Cl2N3O2/c1-6-14-11(18-16-6)5-10(17)15-9-4-7(12)2-3-8(9)13/h2-4H,5H2,1H3,(H,15,17). The van der Waals surface area contributed by atoms with Gasteiger partial charge in [0.05, 0.1) is 10.7 Å². The van der Waals surface area contributed by atoms with Crippen LogP contribution in [0.3, 0.4) is 0 Å². The molecule has 7 heteroatoms. The lowest BCUT2D eigenvalue weighted by Gasteiger charge is -2.06. The number of nitrogens with zero attached hydrogens (tertiary/aromatic N) is 2. The summed E-state index contributed by atoms with van der Waals surface area (Å²) in [5.41, 5.74) is 0.449. The highest BCUT2D eigenvalue weighted by molar-refractivity contribution is 6.35. The van der Waals surface area contributed by atoms with Crippen LogP contribution in [0.1, 0.15) is 11.7 Å². The molecular weight excluding hydrogens is 277 g/mol. The highest BCUT2D eigenvalue weighted by Gasteiger charge is 2.11. The molecular formula is C11H9Cl2N3O2. The average Bonchev–Trinajstić information content (AvgIpc) is 2.69. The van der Waals surface area contributed by atoms with Crippen molar-refractivity contribution >= 4 is 34.8 Å². The van der Waals surface area contributed by atoms with Crippen molar-refractivity contribution in [3.63, 3.8) is 0 Å². The van der Waals surface area contributed by atoms with Crippen molar-refractivity contribution in [1.82, 2.24) is 10.1 Å². The lowest BCUT2D eigenvalue weighted by molar-refractivity contribution is -0.115. The molecule has 0 bridgehead atoms. The molecule has 0 unspecified atom stereocenters. The molecule has 5 nitrogen and oxygen atoms in total. The van der Waals surface area contributed by atoms with E-state index in [1.54, 1.807) is 25.1 Å². The summed E-state index contributed by atoms with van der Waals surface area (Å²) >= 11 is 11.7. The zero-order valence-electron chi connectivity index (χ0n) is 9.41. The minimum atomic E-state index is -0.303. The van der Waals surface area contributed by atoms with Gasteiger partial charge < -0.3 is 9.84 Å². The van der Waals surface area contributed by atoms with Gasteiger partial charge in [-0.1, -0.05) is 28.4 Å². The molecule has 0 atom stereocenters. The van der Waals surface area contributed by atoms with Gasteiger partial charge in [-0.3, -0.25) is 4.79 Å². The largest absolute Gasteiger partial charge is 0.339 e. The van der Waals surface area contributed by atoms with Gasteiger partial charge >= 0.3 is 0 Å². The van der Waals surface area contributed by atoms with Gasteiger partial charge in [-0.2, -0.15) is 4.98 Å². The van der Waals surface area contributed by atoms with Crippen LogP contribution in [0, 0.1) is 6.92 Å². The van der Waals surface area contributed by atoms with E-state index in [9.17, 15) is 4.79 Å². The molecule has 1 aromatic heterocycles. The van der Waals surface area contributed by atoms with Crippen molar-refractivity contribution in [3.8, 4) is 0 Å². The Balaban J connectivity index is 2.05. The lowest BCUT2D eigenvalue weighted by Crippen LogP contribution is -2.14. The van der Waals surface area contributed by atoms with Gasteiger partial charge in [0.1, 0.15) is 6.42 Å². The maximum atomic E-state index is 11.7. The van der Waals surface area contributed by atoms with E-state index < -0.39 is 0 Å². The zero-order chi connectivity index (χ0) is 13.1. The molecule has 0 fully saturated rings. The van der Waals surface area contributed by atoms with E-state index in [1.165, 1.54) is 0 Å². The second kappa shape index (κ2) is 5.37. The number of carbonyl (C=O) groups is 1. The molecule has 1 aromatic carbocycles. The fourth-order valence-electron chi connectivity index (χ4n) is 1.34. The summed E-state index contributed by atoms with van der Waals surface area (Å²) in [6.07, 6.45) is -0.0102. The summed E-state index contributed by atoms with van der Waals surface area (Å²) in [7, 11) is 0. The molecule has 0 aliphatic rings. The van der Waals surface area contributed by atoms with Crippen molar-refractivity contribution < 1.29 is 9.32 Å². The summed E-state index contributed by atoms with van der Waals surface area (Å²) in [4.78, 5) is 15.6. The Bertz CT molecular complexity index is 583. The maximum absolute atomic E-state index is 11.7. The van der Waals surface area contributed by atoms with Crippen LogP contribution in [0.5, 0.6) is 0 Å². The number of anilines is 1. The van der Waals surface area contributed by atoms with Gasteiger partial charge in [0.15, 0.2) is 5.82 Å². The number of carbonyl (C=O) groups excluding carboxylic acids is 1. The van der Waals surface area contributed by atoms with Crippen molar-refractivity contribution in [3.05, 3.63) is 40.0 Å². The highest BCUT2D eigenvalue weighted by Crippen LogP contribution is 2.25. The quantitative estimate of drug-likeness (QED) is 0.942. The summed E-state index contributed by atoms with van der Waals surface area (Å²) in [6, 6.07) is 4.82. The molecule has 1 heterocycles. The highest BCUT2D eigenvalue weighted by atomic mass is 35.5. The van der Waals surface area contributed by atoms with E-state index in [1.807, 2.05) is 0 Å². The third-order valence-electron chi connectivity index (χ3n) is 2.08. The van der Waals surface area contributed by atoms with E-state index in [-0.39, 0.29) is 18.2 Å². The fraction of sp³-hybridized carbons (Fsp3) is 0.182. The molecule has 0 spiro atoms. The molecule has 1 N–H and O–H groups in total. The third-order valence-corrected chi connectivity index (χ3v) is 2.65. The first-order valence-corrected chi connectivity index (χ1v) is 5.84. The number of halogens is 2. The molecule has 0 aliphatic carbocycles. The predicted molar refractivity (Wildman–Crippen MR) is 67.8 cm³/mol. The number of aryl methyl sites for hydroxylation is 1. The molecule has 0 saturated carbocycles. The summed E-state index contributed by atoms with van der Waals surface area (Å²) in [6.45, 7) is 1.68. The fourth-order valence-corrected chi connectivity index (χ4v) is 1.67. The number of nitrogens with one attached hydrogen (secondary N) is 1. The van der Waals surface area contributed by atoms with E-state index >= 15 is 0 Å². The number of aromatic nitrogens is 2. The Labute approximate surface area is 113 Å². The molecule has 94 valence electrons. The first-order chi connectivity index (χ1) is 8.54. The van der Waals surface area contributed by atoms with Crippen molar-refractivity contribution in [2.75, 3.05) is 5.32 Å². The Hall–Kier alpha value is -1.59. The van der Waals surface area contributed by atoms with E-state index in [0.717, 1.165) is 0 Å². The van der Waals surface area contributed by atoms with E-state index in [4.69, 9.17) is 27.7 Å². The second-order valence-corrected chi connectivity index (χ2v) is 4.43. The lowest BCUT2D eigenvalue weighted by atomic mass is 10.3. The van der Waals surface area contributed by atoms with Crippen LogP contribution in [0.4, 0.5) is 5.69 Å². The number of hydrogen-bond acceptors (Lipinski definition) is 4. The van der Waals surface area contributed by atoms with Gasteiger partial charge in [-0.15, -0.1) is 0 Å². The van der Waals surface area contributed by atoms with Crippen LogP contribution >= 0.6 is 23.2 Å². The van der Waals surface area contributed by atoms with Crippen LogP contribution in [0.15, 0.2) is 22.7 Å². The molecule has 0 aliphatic heterocycles. The molecule has 2 rings (SSSR count). The Morgan fingerprint density at radius 2 is 2.22 bits per heavy atom. The Morgan fingerprint density at radius 1 is 1.44 bits per heavy atom. The first kappa shape index (κ1) is 12.9. The minimum Gasteiger partial charge on any atom is -0.339 e. The number of benzene rings is 1. The summed E-state index contributed by atoms with van der Waals surface area (Å²) < 4.78 is 4.85. The molecule has 1 amide bonds. The van der Waals surface area contributed by atoms with E-state index in [0.29, 0.717) is 21.6 Å². The monoisotopic (exact) mass is 285 g/mol. The SMILES string of the molecule is Cc1noc(CC(=O)Nc2cc(Cl)ccc2Cl)n1. The normalized spacial score (nSPS) is 10.4. The third kappa shape index (κ3) is 3.21. The van der Waals surface area contributed by atoms with Crippen molar-refractivity contribution in [2.45, 2.75) is 13.3 Å². The number of rotatable bonds is 3. The maximum Gasteiger partial charge on any atom is 0.236 e. The number of amides is 1. The first-order valence-electron chi connectivity index (χ1n) is 5.08. The zero-order valence-corrected chi connectivity index (χ0v) is 10.9. The van der Waals surface area contributed by atoms with Crippen LogP contribution in [-0.4, -0.2) is 16.0 Å². The van der Waals surface area contributed by atoms with Crippen molar-refractivity contribution in [1.29, 1.82) is 0 Å². The van der Waals surface area contributed by atoms with Gasteiger partial charge in [-0.25, -0.2) is 0 Å². The molecule has 2 aromatic rings. The Morgan fingerprint density at radius 3 is 2.89 bits per heavy atom. The van der Waals surface area contributed by atoms with Crippen LogP contribution in [0.2, 0.25) is 10.0 Å². The summed E-state index contributed by atoms with van der Waals surface area (Å²) in [5.74, 6) is 0.435. The molecule has 0 radical (unpaired) electrons. The smallest absolute Gasteiger partial charge is 0.236 e. The van der Waals surface area contributed by atoms with Crippen LogP contribution in [0.25, 0.3) is 0 Å². The van der Waals surface area contributed by atoms with E-state index in [2.05, 4.69) is 15.5 Å². The Kier molecular flexibility index (Phi) is 3.84. The number of hydrogen-bond donors (Lipinski definition) is 1. The minimum absolute atomic E-state index is 0.0102. The van der Waals surface area contributed by atoms with Gasteiger partial charge in [0, 0.05) is 5.02 Å². The average molecular weight is 286 g/mol. The summed E-state index contributed by atoms with van der Waals surface area (Å²) in [5, 5.41) is 7.12. The topological polar surface area (TPSA) is 68.0 Å². The molecule has 0 saturated heterocycles. The van der Waals surface area contributed by atoms with Gasteiger partial charge in [0.25, 0.3) is 0 Å². The van der Waals surface area contributed by atoms with Crippen LogP contribution < -0.4 is 5.32 Å². The van der Waals surface area contributed by atoms with Gasteiger partial charge in [0.2, 0.25) is 11.8 Å². The second-order valence-electron chi connectivity index (χ2n) is 3.58. The van der Waals surface area contributed by atoms with Gasteiger partial charge in [-0.05, 0) is 25.1 Å². The van der Waals surface area contributed by atoms with Crippen molar-refractivity contribution in [2.24, 2.45) is 0 Å². The predicted octanol–water partition coefficient (Wildman–Crippen LogP) is 2.87.